The summed E-state index contributed by atoms with van der Waals surface area (Å²) in [6.45, 7) is 5.38. The van der Waals surface area contributed by atoms with E-state index in [2.05, 4.69) is 0 Å². The van der Waals surface area contributed by atoms with Crippen LogP contribution in [0.2, 0.25) is 0 Å². The molecule has 4 nitrogen and oxygen atoms in total. The second kappa shape index (κ2) is 5.82. The molecule has 0 N–H and O–H groups in total. The van der Waals surface area contributed by atoms with Crippen molar-refractivity contribution in [2.45, 2.75) is 26.4 Å². The van der Waals surface area contributed by atoms with Gasteiger partial charge in [-0.15, -0.1) is 0 Å². The maximum Gasteiger partial charge on any atom is 0.302 e. The summed E-state index contributed by atoms with van der Waals surface area (Å²) < 4.78 is 12.9. The normalized spacial score (nSPS) is 11.2. The van der Waals surface area contributed by atoms with E-state index in [-0.39, 0.29) is 12.6 Å². The summed E-state index contributed by atoms with van der Waals surface area (Å²) in [6, 6.07) is 11.7. The first-order chi connectivity index (χ1) is 9.46. The fourth-order valence-electron chi connectivity index (χ4n) is 1.82. The largest absolute Gasteiger partial charge is 0.484 e. The third-order valence-electron chi connectivity index (χ3n) is 2.76. The number of hydrogen-bond donors (Lipinski definition) is 0. The van der Waals surface area contributed by atoms with E-state index < -0.39 is 5.60 Å². The zero-order valence-corrected chi connectivity index (χ0v) is 12.0. The van der Waals surface area contributed by atoms with E-state index in [1.165, 1.54) is 6.92 Å². The van der Waals surface area contributed by atoms with Crippen LogP contribution in [0.5, 0.6) is 5.75 Å². The molecular weight excluding hydrogens is 254 g/mol. The minimum atomic E-state index is -0.555. The minimum Gasteiger partial charge on any atom is -0.484 e. The quantitative estimate of drug-likeness (QED) is 0.785. The molecule has 0 spiro atoms. The van der Waals surface area contributed by atoms with E-state index in [0.717, 1.165) is 11.4 Å². The molecule has 0 aliphatic carbocycles. The molecule has 1 aromatic heterocycles. The lowest BCUT2D eigenvalue weighted by Gasteiger charge is -2.25. The molecule has 0 unspecified atom stereocenters. The summed E-state index contributed by atoms with van der Waals surface area (Å²) in [5.74, 6) is 0.447. The van der Waals surface area contributed by atoms with Gasteiger partial charge in [0.1, 0.15) is 18.0 Å². The molecule has 4 heteroatoms. The molecule has 20 heavy (non-hydrogen) atoms. The number of carbonyl (C=O) groups excluding carboxylic acids is 1. The van der Waals surface area contributed by atoms with E-state index in [1.54, 1.807) is 0 Å². The molecule has 0 amide bonds. The Hall–Kier alpha value is -2.23. The van der Waals surface area contributed by atoms with Gasteiger partial charge in [-0.1, -0.05) is 0 Å². The van der Waals surface area contributed by atoms with Crippen LogP contribution in [0.3, 0.4) is 0 Å². The number of hydrogen-bond acceptors (Lipinski definition) is 3. The molecule has 0 bridgehead atoms. The predicted octanol–water partition coefficient (Wildman–Crippen LogP) is 3.20. The number of aromatic nitrogens is 1. The van der Waals surface area contributed by atoms with Crippen molar-refractivity contribution >= 4 is 5.97 Å². The van der Waals surface area contributed by atoms with Gasteiger partial charge in [0.15, 0.2) is 0 Å². The van der Waals surface area contributed by atoms with Gasteiger partial charge in [-0.3, -0.25) is 4.79 Å². The Kier molecular flexibility index (Phi) is 4.13. The van der Waals surface area contributed by atoms with Gasteiger partial charge in [-0.25, -0.2) is 0 Å². The van der Waals surface area contributed by atoms with Crippen molar-refractivity contribution in [3.05, 3.63) is 48.8 Å². The summed E-state index contributed by atoms with van der Waals surface area (Å²) in [6.07, 6.45) is 3.97. The second-order valence-corrected chi connectivity index (χ2v) is 5.23. The van der Waals surface area contributed by atoms with Gasteiger partial charge in [0.25, 0.3) is 0 Å². The topological polar surface area (TPSA) is 40.5 Å². The number of esters is 1. The number of rotatable bonds is 5. The number of ether oxygens (including phenoxy) is 2. The molecular formula is C16H19NO3. The Morgan fingerprint density at radius 2 is 1.75 bits per heavy atom. The summed E-state index contributed by atoms with van der Waals surface area (Å²) in [5, 5.41) is 0. The van der Waals surface area contributed by atoms with Gasteiger partial charge in [-0.2, -0.15) is 0 Å². The van der Waals surface area contributed by atoms with E-state index in [0.29, 0.717) is 0 Å². The van der Waals surface area contributed by atoms with Gasteiger partial charge in [0.05, 0.1) is 0 Å². The van der Waals surface area contributed by atoms with Crippen molar-refractivity contribution in [3.63, 3.8) is 0 Å². The smallest absolute Gasteiger partial charge is 0.302 e. The van der Waals surface area contributed by atoms with Crippen molar-refractivity contribution in [1.29, 1.82) is 0 Å². The number of carbonyl (C=O) groups is 1. The molecule has 0 atom stereocenters. The van der Waals surface area contributed by atoms with Crippen LogP contribution in [-0.2, 0) is 9.53 Å². The Balaban J connectivity index is 2.01. The highest BCUT2D eigenvalue weighted by atomic mass is 16.6. The molecule has 2 aromatic rings. The SMILES string of the molecule is CC(=O)OCC(C)(C)Oc1ccc(-n2cccc2)cc1. The summed E-state index contributed by atoms with van der Waals surface area (Å²) >= 11 is 0. The lowest BCUT2D eigenvalue weighted by Crippen LogP contribution is -2.34. The maximum absolute atomic E-state index is 10.8. The van der Waals surface area contributed by atoms with Crippen molar-refractivity contribution in [3.8, 4) is 11.4 Å². The first kappa shape index (κ1) is 14.2. The molecule has 0 saturated heterocycles. The van der Waals surface area contributed by atoms with Gasteiger partial charge >= 0.3 is 5.97 Å². The van der Waals surface area contributed by atoms with Crippen LogP contribution < -0.4 is 4.74 Å². The lowest BCUT2D eigenvalue weighted by atomic mass is 10.1. The fourth-order valence-corrected chi connectivity index (χ4v) is 1.82. The monoisotopic (exact) mass is 273 g/mol. The molecule has 0 aliphatic rings. The van der Waals surface area contributed by atoms with Crippen LogP contribution in [0.1, 0.15) is 20.8 Å². The average molecular weight is 273 g/mol. The van der Waals surface area contributed by atoms with Crippen LogP contribution in [-0.4, -0.2) is 22.7 Å². The molecule has 1 aromatic carbocycles. The van der Waals surface area contributed by atoms with Crippen LogP contribution in [0.4, 0.5) is 0 Å². The maximum atomic E-state index is 10.8. The zero-order chi connectivity index (χ0) is 14.6. The Morgan fingerprint density at radius 3 is 2.30 bits per heavy atom. The highest BCUT2D eigenvalue weighted by Gasteiger charge is 2.21. The molecule has 0 saturated carbocycles. The molecule has 0 aliphatic heterocycles. The van der Waals surface area contributed by atoms with Crippen molar-refractivity contribution in [2.75, 3.05) is 6.61 Å². The highest BCUT2D eigenvalue weighted by Crippen LogP contribution is 2.20. The number of nitrogens with zero attached hydrogens (tertiary/aromatic N) is 1. The van der Waals surface area contributed by atoms with Crippen LogP contribution in [0.15, 0.2) is 48.8 Å². The van der Waals surface area contributed by atoms with E-state index in [1.807, 2.05) is 67.2 Å². The zero-order valence-electron chi connectivity index (χ0n) is 12.0. The lowest BCUT2D eigenvalue weighted by molar-refractivity contribution is -0.146. The van der Waals surface area contributed by atoms with Crippen LogP contribution in [0, 0.1) is 0 Å². The standard InChI is InChI=1S/C16H19NO3/c1-13(18)19-12-16(2,3)20-15-8-6-14(7-9-15)17-10-4-5-11-17/h4-11H,12H2,1-3H3. The van der Waals surface area contributed by atoms with E-state index in [4.69, 9.17) is 9.47 Å². The molecule has 0 radical (unpaired) electrons. The third kappa shape index (κ3) is 3.88. The van der Waals surface area contributed by atoms with Gasteiger partial charge in [0.2, 0.25) is 0 Å². The number of benzene rings is 1. The van der Waals surface area contributed by atoms with E-state index in [9.17, 15) is 4.79 Å². The van der Waals surface area contributed by atoms with Crippen molar-refractivity contribution < 1.29 is 14.3 Å². The van der Waals surface area contributed by atoms with Crippen molar-refractivity contribution in [2.24, 2.45) is 0 Å². The van der Waals surface area contributed by atoms with Crippen LogP contribution >= 0.6 is 0 Å². The highest BCUT2D eigenvalue weighted by molar-refractivity contribution is 5.65. The van der Waals surface area contributed by atoms with Gasteiger partial charge < -0.3 is 14.0 Å². The Bertz CT molecular complexity index is 556. The van der Waals surface area contributed by atoms with Gasteiger partial charge in [0, 0.05) is 25.0 Å². The summed E-state index contributed by atoms with van der Waals surface area (Å²) in [4.78, 5) is 10.8. The first-order valence-corrected chi connectivity index (χ1v) is 6.52. The van der Waals surface area contributed by atoms with Crippen LogP contribution in [0.25, 0.3) is 5.69 Å². The molecule has 106 valence electrons. The van der Waals surface area contributed by atoms with E-state index >= 15 is 0 Å². The van der Waals surface area contributed by atoms with Crippen molar-refractivity contribution in [1.82, 2.24) is 4.57 Å². The minimum absolute atomic E-state index is 0.224. The summed E-state index contributed by atoms with van der Waals surface area (Å²) in [7, 11) is 0. The molecule has 1 heterocycles. The van der Waals surface area contributed by atoms with Gasteiger partial charge in [-0.05, 0) is 50.2 Å². The molecule has 2 rings (SSSR count). The second-order valence-electron chi connectivity index (χ2n) is 5.23. The third-order valence-corrected chi connectivity index (χ3v) is 2.76. The fraction of sp³-hybridized carbons (Fsp3) is 0.312. The average Bonchev–Trinajstić information content (AvgIpc) is 2.91. The predicted molar refractivity (Wildman–Crippen MR) is 77.1 cm³/mol. The Morgan fingerprint density at radius 1 is 1.15 bits per heavy atom. The first-order valence-electron chi connectivity index (χ1n) is 6.52. The Labute approximate surface area is 118 Å². The molecule has 0 fully saturated rings. The summed E-state index contributed by atoms with van der Waals surface area (Å²) in [5.41, 5.74) is 0.515.